The summed E-state index contributed by atoms with van der Waals surface area (Å²) in [5.74, 6) is 0.840. The van der Waals surface area contributed by atoms with Crippen LogP contribution in [-0.2, 0) is 17.8 Å². The predicted molar refractivity (Wildman–Crippen MR) is 64.8 cm³/mol. The zero-order valence-corrected chi connectivity index (χ0v) is 10.5. The fourth-order valence-corrected chi connectivity index (χ4v) is 2.06. The van der Waals surface area contributed by atoms with Gasteiger partial charge in [-0.3, -0.25) is 0 Å². The third-order valence-corrected chi connectivity index (χ3v) is 3.02. The molecule has 0 saturated heterocycles. The molecule has 0 saturated carbocycles. The lowest BCUT2D eigenvalue weighted by Gasteiger charge is -2.04. The molecule has 0 aromatic carbocycles. The second-order valence-electron chi connectivity index (χ2n) is 3.55. The summed E-state index contributed by atoms with van der Waals surface area (Å²) in [6, 6.07) is 2.08. The summed E-state index contributed by atoms with van der Waals surface area (Å²) >= 11 is 1.68. The normalized spacial score (nSPS) is 10.9. The van der Waals surface area contributed by atoms with E-state index in [1.165, 1.54) is 5.56 Å². The van der Waals surface area contributed by atoms with Gasteiger partial charge in [-0.15, -0.1) is 5.10 Å². The van der Waals surface area contributed by atoms with Gasteiger partial charge in [0.25, 0.3) is 0 Å². The fourth-order valence-electron chi connectivity index (χ4n) is 1.40. The Labute approximate surface area is 104 Å². The summed E-state index contributed by atoms with van der Waals surface area (Å²) in [5.41, 5.74) is 1.22. The highest BCUT2D eigenvalue weighted by Gasteiger charge is 2.06. The molecule has 2 aromatic heterocycles. The highest BCUT2D eigenvalue weighted by atomic mass is 32.1. The minimum Gasteiger partial charge on any atom is -0.383 e. The molecular formula is C10H15N5OS. The lowest BCUT2D eigenvalue weighted by molar-refractivity contribution is 0.198. The van der Waals surface area contributed by atoms with Gasteiger partial charge in [0.15, 0.2) is 5.82 Å². The van der Waals surface area contributed by atoms with E-state index in [0.29, 0.717) is 13.2 Å². The molecule has 17 heavy (non-hydrogen) atoms. The first-order chi connectivity index (χ1) is 8.40. The molecular weight excluding hydrogens is 238 g/mol. The number of hydrogen-bond acceptors (Lipinski definition) is 6. The van der Waals surface area contributed by atoms with Crippen LogP contribution in [0.5, 0.6) is 0 Å². The minimum atomic E-state index is 0.653. The molecule has 0 unspecified atom stereocenters. The average molecular weight is 253 g/mol. The van der Waals surface area contributed by atoms with E-state index >= 15 is 0 Å². The summed E-state index contributed by atoms with van der Waals surface area (Å²) in [4.78, 5) is 0. The van der Waals surface area contributed by atoms with Gasteiger partial charge in [-0.1, -0.05) is 0 Å². The number of nitrogens with zero attached hydrogens (tertiary/aromatic N) is 4. The SMILES string of the molecule is COCCNCc1nnnn1Cc1ccsc1. The molecule has 2 aromatic rings. The summed E-state index contributed by atoms with van der Waals surface area (Å²) in [6.07, 6.45) is 0. The number of ether oxygens (including phenoxy) is 1. The van der Waals surface area contributed by atoms with Crippen molar-refractivity contribution in [2.24, 2.45) is 0 Å². The molecule has 1 N–H and O–H groups in total. The Morgan fingerprint density at radius 1 is 1.53 bits per heavy atom. The van der Waals surface area contributed by atoms with Gasteiger partial charge in [-0.25, -0.2) is 4.68 Å². The van der Waals surface area contributed by atoms with Crippen molar-refractivity contribution in [3.8, 4) is 0 Å². The van der Waals surface area contributed by atoms with Crippen molar-refractivity contribution in [3.63, 3.8) is 0 Å². The maximum Gasteiger partial charge on any atom is 0.165 e. The van der Waals surface area contributed by atoms with Crippen molar-refractivity contribution in [2.75, 3.05) is 20.3 Å². The van der Waals surface area contributed by atoms with Gasteiger partial charge in [0, 0.05) is 13.7 Å². The zero-order valence-electron chi connectivity index (χ0n) is 9.67. The van der Waals surface area contributed by atoms with Crippen molar-refractivity contribution in [2.45, 2.75) is 13.1 Å². The predicted octanol–water partition coefficient (Wildman–Crippen LogP) is 0.519. The molecule has 0 amide bonds. The molecule has 0 aliphatic rings. The van der Waals surface area contributed by atoms with Crippen molar-refractivity contribution in [1.29, 1.82) is 0 Å². The molecule has 0 radical (unpaired) electrons. The van der Waals surface area contributed by atoms with Crippen molar-refractivity contribution >= 4 is 11.3 Å². The summed E-state index contributed by atoms with van der Waals surface area (Å²) in [7, 11) is 1.68. The van der Waals surface area contributed by atoms with Crippen molar-refractivity contribution in [1.82, 2.24) is 25.5 Å². The smallest absolute Gasteiger partial charge is 0.165 e. The Hall–Kier alpha value is -1.31. The molecule has 0 aliphatic carbocycles. The van der Waals surface area contributed by atoms with Crippen molar-refractivity contribution < 1.29 is 4.74 Å². The highest BCUT2D eigenvalue weighted by molar-refractivity contribution is 7.07. The Morgan fingerprint density at radius 2 is 2.47 bits per heavy atom. The second kappa shape index (κ2) is 6.43. The van der Waals surface area contributed by atoms with E-state index in [2.05, 4.69) is 37.7 Å². The molecule has 7 heteroatoms. The van der Waals surface area contributed by atoms with E-state index < -0.39 is 0 Å². The first-order valence-corrected chi connectivity index (χ1v) is 6.30. The van der Waals surface area contributed by atoms with Gasteiger partial charge in [0.05, 0.1) is 19.7 Å². The van der Waals surface area contributed by atoms with Gasteiger partial charge in [-0.2, -0.15) is 11.3 Å². The zero-order chi connectivity index (χ0) is 11.9. The number of tetrazole rings is 1. The molecule has 6 nitrogen and oxygen atoms in total. The van der Waals surface area contributed by atoms with E-state index in [4.69, 9.17) is 4.74 Å². The highest BCUT2D eigenvalue weighted by Crippen LogP contribution is 2.07. The first-order valence-electron chi connectivity index (χ1n) is 5.36. The number of rotatable bonds is 7. The van der Waals surface area contributed by atoms with Gasteiger partial charge in [0.2, 0.25) is 0 Å². The maximum absolute atomic E-state index is 4.96. The van der Waals surface area contributed by atoms with E-state index in [0.717, 1.165) is 18.9 Å². The number of aromatic nitrogens is 4. The lowest BCUT2D eigenvalue weighted by atomic mass is 10.3. The fraction of sp³-hybridized carbons (Fsp3) is 0.500. The third-order valence-electron chi connectivity index (χ3n) is 2.28. The van der Waals surface area contributed by atoms with Gasteiger partial charge in [-0.05, 0) is 32.8 Å². The van der Waals surface area contributed by atoms with Crippen LogP contribution in [0.25, 0.3) is 0 Å². The summed E-state index contributed by atoms with van der Waals surface area (Å²) in [6.45, 7) is 2.85. The number of nitrogens with one attached hydrogen (secondary N) is 1. The topological polar surface area (TPSA) is 64.9 Å². The Balaban J connectivity index is 1.88. The number of thiophene rings is 1. The first kappa shape index (κ1) is 12.2. The Kier molecular flexibility index (Phi) is 4.60. The van der Waals surface area contributed by atoms with Gasteiger partial charge in [0.1, 0.15) is 0 Å². The van der Waals surface area contributed by atoms with Crippen LogP contribution in [0.4, 0.5) is 0 Å². The maximum atomic E-state index is 4.96. The summed E-state index contributed by atoms with van der Waals surface area (Å²) in [5, 5.41) is 19.0. The third kappa shape index (κ3) is 3.58. The van der Waals surface area contributed by atoms with Crippen LogP contribution < -0.4 is 5.32 Å². The Bertz CT molecular complexity index is 428. The standard InChI is InChI=1S/C10H15N5OS/c1-16-4-3-11-6-10-12-13-14-15(10)7-9-2-5-17-8-9/h2,5,8,11H,3-4,6-7H2,1H3. The molecule has 2 rings (SSSR count). The van der Waals surface area contributed by atoms with Crippen LogP contribution in [0.15, 0.2) is 16.8 Å². The average Bonchev–Trinajstić information content (AvgIpc) is 2.97. The van der Waals surface area contributed by atoms with E-state index in [1.807, 2.05) is 4.68 Å². The van der Waals surface area contributed by atoms with Crippen LogP contribution in [0.2, 0.25) is 0 Å². The monoisotopic (exact) mass is 253 g/mol. The van der Waals surface area contributed by atoms with Crippen LogP contribution in [0, 0.1) is 0 Å². The van der Waals surface area contributed by atoms with Crippen LogP contribution >= 0.6 is 11.3 Å². The van der Waals surface area contributed by atoms with E-state index in [1.54, 1.807) is 18.4 Å². The molecule has 2 heterocycles. The quantitative estimate of drug-likeness (QED) is 0.729. The number of methoxy groups -OCH3 is 1. The van der Waals surface area contributed by atoms with Gasteiger partial charge < -0.3 is 10.1 Å². The Morgan fingerprint density at radius 3 is 3.24 bits per heavy atom. The van der Waals surface area contributed by atoms with E-state index in [9.17, 15) is 0 Å². The minimum absolute atomic E-state index is 0.653. The second-order valence-corrected chi connectivity index (χ2v) is 4.33. The largest absolute Gasteiger partial charge is 0.383 e. The van der Waals surface area contributed by atoms with Crippen LogP contribution in [0.1, 0.15) is 11.4 Å². The van der Waals surface area contributed by atoms with Crippen LogP contribution in [-0.4, -0.2) is 40.5 Å². The van der Waals surface area contributed by atoms with E-state index in [-0.39, 0.29) is 0 Å². The van der Waals surface area contributed by atoms with Crippen molar-refractivity contribution in [3.05, 3.63) is 28.2 Å². The lowest BCUT2D eigenvalue weighted by Crippen LogP contribution is -2.21. The molecule has 0 spiro atoms. The van der Waals surface area contributed by atoms with Crippen LogP contribution in [0.3, 0.4) is 0 Å². The molecule has 0 atom stereocenters. The summed E-state index contributed by atoms with van der Waals surface area (Å²) < 4.78 is 6.76. The molecule has 0 aliphatic heterocycles. The molecule has 0 fully saturated rings. The molecule has 92 valence electrons. The molecule has 0 bridgehead atoms. The number of hydrogen-bond donors (Lipinski definition) is 1. The van der Waals surface area contributed by atoms with Gasteiger partial charge >= 0.3 is 0 Å².